The van der Waals surface area contributed by atoms with Gasteiger partial charge in [0.15, 0.2) is 11.0 Å². The van der Waals surface area contributed by atoms with E-state index in [1.54, 1.807) is 23.1 Å². The lowest BCUT2D eigenvalue weighted by Gasteiger charge is -2.15. The van der Waals surface area contributed by atoms with Gasteiger partial charge in [0.25, 0.3) is 0 Å². The molecular weight excluding hydrogens is 416 g/mol. The number of nitrogens with two attached hydrogens (primary N) is 1. The number of aromatic nitrogens is 6. The number of benzene rings is 1. The lowest BCUT2D eigenvalue weighted by molar-refractivity contribution is 0.712. The predicted octanol–water partition coefficient (Wildman–Crippen LogP) is 3.74. The molecule has 0 bridgehead atoms. The van der Waals surface area contributed by atoms with Crippen LogP contribution in [0.4, 0.5) is 11.9 Å². The van der Waals surface area contributed by atoms with Gasteiger partial charge in [-0.25, -0.2) is 0 Å². The van der Waals surface area contributed by atoms with Gasteiger partial charge in [-0.3, -0.25) is 4.57 Å². The van der Waals surface area contributed by atoms with Crippen molar-refractivity contribution >= 4 is 35.0 Å². The van der Waals surface area contributed by atoms with Crippen LogP contribution in [0.2, 0.25) is 0 Å². The number of rotatable bonds is 7. The van der Waals surface area contributed by atoms with Crippen molar-refractivity contribution in [3.63, 3.8) is 0 Å². The SMILES string of the molecule is C[C@H](Sc1nnc(-c2cccs2)n1Cc1ccccc1)c1nc(N)nc(N(C)C)n1. The van der Waals surface area contributed by atoms with Crippen LogP contribution in [0.3, 0.4) is 0 Å². The largest absolute Gasteiger partial charge is 0.368 e. The number of anilines is 2. The minimum Gasteiger partial charge on any atom is -0.368 e. The molecule has 30 heavy (non-hydrogen) atoms. The smallest absolute Gasteiger partial charge is 0.229 e. The molecule has 10 heteroatoms. The Bertz CT molecular complexity index is 1110. The van der Waals surface area contributed by atoms with Gasteiger partial charge in [-0.1, -0.05) is 48.2 Å². The van der Waals surface area contributed by atoms with E-state index in [-0.39, 0.29) is 11.2 Å². The number of hydrogen-bond donors (Lipinski definition) is 1. The Kier molecular flexibility index (Phi) is 5.96. The fraction of sp³-hybridized carbons (Fsp3) is 0.250. The Morgan fingerprint density at radius 2 is 1.87 bits per heavy atom. The van der Waals surface area contributed by atoms with Crippen molar-refractivity contribution in [1.29, 1.82) is 0 Å². The zero-order chi connectivity index (χ0) is 21.1. The van der Waals surface area contributed by atoms with Crippen molar-refractivity contribution in [1.82, 2.24) is 29.7 Å². The molecule has 0 unspecified atom stereocenters. The summed E-state index contributed by atoms with van der Waals surface area (Å²) >= 11 is 3.21. The molecule has 8 nitrogen and oxygen atoms in total. The van der Waals surface area contributed by atoms with Crippen LogP contribution in [-0.2, 0) is 6.54 Å². The van der Waals surface area contributed by atoms with Crippen LogP contribution in [-0.4, -0.2) is 43.8 Å². The molecule has 0 fully saturated rings. The normalized spacial score (nSPS) is 12.1. The van der Waals surface area contributed by atoms with Gasteiger partial charge in [-0.05, 0) is 23.9 Å². The van der Waals surface area contributed by atoms with E-state index in [4.69, 9.17) is 5.73 Å². The van der Waals surface area contributed by atoms with E-state index in [1.807, 2.05) is 55.6 Å². The van der Waals surface area contributed by atoms with Crippen LogP contribution in [0.25, 0.3) is 10.7 Å². The lowest BCUT2D eigenvalue weighted by Crippen LogP contribution is -2.16. The van der Waals surface area contributed by atoms with Crippen molar-refractivity contribution in [2.24, 2.45) is 0 Å². The summed E-state index contributed by atoms with van der Waals surface area (Å²) in [6.45, 7) is 2.71. The second-order valence-electron chi connectivity index (χ2n) is 6.86. The molecule has 3 aromatic heterocycles. The molecule has 154 valence electrons. The van der Waals surface area contributed by atoms with Crippen molar-refractivity contribution in [2.45, 2.75) is 23.9 Å². The first kappa shape index (κ1) is 20.3. The van der Waals surface area contributed by atoms with E-state index < -0.39 is 0 Å². The summed E-state index contributed by atoms with van der Waals surface area (Å²) in [5.74, 6) is 2.21. The fourth-order valence-electron chi connectivity index (χ4n) is 2.86. The monoisotopic (exact) mass is 438 g/mol. The van der Waals surface area contributed by atoms with Crippen LogP contribution in [0, 0.1) is 0 Å². The van der Waals surface area contributed by atoms with Gasteiger partial charge >= 0.3 is 0 Å². The fourth-order valence-corrected chi connectivity index (χ4v) is 4.47. The van der Waals surface area contributed by atoms with Gasteiger partial charge < -0.3 is 10.6 Å². The minimum absolute atomic E-state index is 0.0797. The maximum absolute atomic E-state index is 5.90. The third kappa shape index (κ3) is 4.44. The average Bonchev–Trinajstić information content (AvgIpc) is 3.39. The second kappa shape index (κ2) is 8.80. The molecule has 2 N–H and O–H groups in total. The Balaban J connectivity index is 1.67. The number of nitrogens with zero attached hydrogens (tertiary/aromatic N) is 7. The lowest BCUT2D eigenvalue weighted by atomic mass is 10.2. The molecule has 0 aliphatic rings. The number of nitrogen functional groups attached to an aromatic ring is 1. The highest BCUT2D eigenvalue weighted by Gasteiger charge is 2.21. The van der Waals surface area contributed by atoms with Crippen LogP contribution >= 0.6 is 23.1 Å². The van der Waals surface area contributed by atoms with Crippen LogP contribution in [0.15, 0.2) is 53.0 Å². The van der Waals surface area contributed by atoms with E-state index >= 15 is 0 Å². The highest BCUT2D eigenvalue weighted by Crippen LogP contribution is 2.35. The summed E-state index contributed by atoms with van der Waals surface area (Å²) in [5.41, 5.74) is 7.08. The highest BCUT2D eigenvalue weighted by atomic mass is 32.2. The molecule has 0 aliphatic carbocycles. The zero-order valence-corrected chi connectivity index (χ0v) is 18.6. The molecule has 4 aromatic rings. The van der Waals surface area contributed by atoms with E-state index in [0.717, 1.165) is 15.9 Å². The van der Waals surface area contributed by atoms with Crippen molar-refractivity contribution < 1.29 is 0 Å². The van der Waals surface area contributed by atoms with Gasteiger partial charge in [-0.2, -0.15) is 15.0 Å². The summed E-state index contributed by atoms with van der Waals surface area (Å²) in [6, 6.07) is 14.4. The molecule has 0 spiro atoms. The van der Waals surface area contributed by atoms with Crippen LogP contribution < -0.4 is 10.6 Å². The number of thiophene rings is 1. The van der Waals surface area contributed by atoms with E-state index in [0.29, 0.717) is 18.3 Å². The molecule has 1 atom stereocenters. The molecule has 0 aliphatic heterocycles. The van der Waals surface area contributed by atoms with E-state index in [9.17, 15) is 0 Å². The van der Waals surface area contributed by atoms with E-state index in [1.165, 1.54) is 5.56 Å². The number of hydrogen-bond acceptors (Lipinski definition) is 9. The first-order chi connectivity index (χ1) is 14.5. The van der Waals surface area contributed by atoms with Gasteiger partial charge in [0.05, 0.1) is 16.7 Å². The second-order valence-corrected chi connectivity index (χ2v) is 9.12. The maximum atomic E-state index is 5.90. The van der Waals surface area contributed by atoms with Gasteiger partial charge in [-0.15, -0.1) is 21.5 Å². The van der Waals surface area contributed by atoms with Gasteiger partial charge in [0, 0.05) is 14.1 Å². The Morgan fingerprint density at radius 1 is 1.07 bits per heavy atom. The third-order valence-corrected chi connectivity index (χ3v) is 6.29. The third-order valence-electron chi connectivity index (χ3n) is 4.35. The van der Waals surface area contributed by atoms with Crippen molar-refractivity contribution in [2.75, 3.05) is 24.7 Å². The molecule has 0 amide bonds. The summed E-state index contributed by atoms with van der Waals surface area (Å²) in [7, 11) is 3.75. The summed E-state index contributed by atoms with van der Waals surface area (Å²) in [5, 5.41) is 11.7. The zero-order valence-electron chi connectivity index (χ0n) is 16.9. The highest BCUT2D eigenvalue weighted by molar-refractivity contribution is 7.99. The van der Waals surface area contributed by atoms with Gasteiger partial charge in [0.2, 0.25) is 11.9 Å². The van der Waals surface area contributed by atoms with Gasteiger partial charge in [0.1, 0.15) is 5.82 Å². The maximum Gasteiger partial charge on any atom is 0.229 e. The average molecular weight is 439 g/mol. The Labute approximate surface area is 183 Å². The van der Waals surface area contributed by atoms with E-state index in [2.05, 4.69) is 47.9 Å². The Hall–Kier alpha value is -2.98. The first-order valence-corrected chi connectivity index (χ1v) is 11.1. The summed E-state index contributed by atoms with van der Waals surface area (Å²) in [6.07, 6.45) is 0. The molecule has 0 saturated heterocycles. The minimum atomic E-state index is -0.0797. The first-order valence-electron chi connectivity index (χ1n) is 9.37. The summed E-state index contributed by atoms with van der Waals surface area (Å²) < 4.78 is 2.14. The molecule has 0 radical (unpaired) electrons. The molecule has 0 saturated carbocycles. The Morgan fingerprint density at radius 3 is 2.57 bits per heavy atom. The molecule has 1 aromatic carbocycles. The topological polar surface area (TPSA) is 98.6 Å². The van der Waals surface area contributed by atoms with Crippen LogP contribution in [0.1, 0.15) is 23.6 Å². The van der Waals surface area contributed by atoms with Crippen LogP contribution in [0.5, 0.6) is 0 Å². The molecule has 3 heterocycles. The molecular formula is C20H22N8S2. The van der Waals surface area contributed by atoms with Crippen molar-refractivity contribution in [3.8, 4) is 10.7 Å². The standard InChI is InChI=1S/C20H22N8S2/c1-13(16-22-18(21)24-19(23-16)27(2)3)30-20-26-25-17(15-10-7-11-29-15)28(20)12-14-8-5-4-6-9-14/h4-11,13H,12H2,1-3H3,(H2,21,22,23,24)/t13-/m0/s1. The van der Waals surface area contributed by atoms with Crippen molar-refractivity contribution in [3.05, 3.63) is 59.2 Å². The predicted molar refractivity (Wildman–Crippen MR) is 122 cm³/mol. The quantitative estimate of drug-likeness (QED) is 0.436. The molecule has 4 rings (SSSR count). The summed E-state index contributed by atoms with van der Waals surface area (Å²) in [4.78, 5) is 15.9. The number of thioether (sulfide) groups is 1.